The molecular weight excluding hydrogens is 515 g/mol. The Balaban J connectivity index is 1.76. The molecule has 4 rings (SSSR count). The number of carbonyl (C=O) groups is 2. The van der Waals surface area contributed by atoms with Gasteiger partial charge in [0.25, 0.3) is 0 Å². The van der Waals surface area contributed by atoms with Crippen LogP contribution in [0.2, 0.25) is 0 Å². The second-order valence-electron chi connectivity index (χ2n) is 10.2. The maximum atomic E-state index is 13.4. The van der Waals surface area contributed by atoms with Crippen LogP contribution in [0.25, 0.3) is 0 Å². The molecule has 0 amide bonds. The van der Waals surface area contributed by atoms with Crippen LogP contribution < -0.4 is 15.2 Å². The van der Waals surface area contributed by atoms with E-state index in [1.807, 2.05) is 13.8 Å². The van der Waals surface area contributed by atoms with Crippen molar-refractivity contribution in [3.63, 3.8) is 0 Å². The fraction of sp³-hybridized carbons (Fsp3) is 0.379. The number of methoxy groups -OCH3 is 1. The zero-order valence-electron chi connectivity index (χ0n) is 22.1. The molecule has 0 aromatic heterocycles. The highest BCUT2D eigenvalue weighted by Crippen LogP contribution is 2.48. The SMILES string of the molecule is CCOC(=O)C1=C(N)OC2=C(C(=O)CC(C)(C)C2)[C@H]1c1ccc(OC)c(COc2cccc(C(F)(F)F)c2)c1. The van der Waals surface area contributed by atoms with E-state index in [-0.39, 0.29) is 48.0 Å². The Morgan fingerprint density at radius 3 is 2.56 bits per heavy atom. The van der Waals surface area contributed by atoms with E-state index in [0.717, 1.165) is 12.1 Å². The van der Waals surface area contributed by atoms with E-state index < -0.39 is 23.6 Å². The number of carbonyl (C=O) groups excluding carboxylic acids is 2. The van der Waals surface area contributed by atoms with Gasteiger partial charge in [0, 0.05) is 24.0 Å². The first-order valence-electron chi connectivity index (χ1n) is 12.4. The monoisotopic (exact) mass is 545 g/mol. The molecule has 0 bridgehead atoms. The van der Waals surface area contributed by atoms with E-state index in [1.165, 1.54) is 19.2 Å². The largest absolute Gasteiger partial charge is 0.496 e. The van der Waals surface area contributed by atoms with Crippen molar-refractivity contribution < 1.29 is 41.7 Å². The van der Waals surface area contributed by atoms with E-state index in [4.69, 9.17) is 24.7 Å². The van der Waals surface area contributed by atoms with Gasteiger partial charge in [0.1, 0.15) is 29.4 Å². The molecule has 0 spiro atoms. The molecule has 1 heterocycles. The molecule has 0 unspecified atom stereocenters. The third-order valence-electron chi connectivity index (χ3n) is 6.64. The van der Waals surface area contributed by atoms with E-state index in [1.54, 1.807) is 25.1 Å². The molecule has 39 heavy (non-hydrogen) atoms. The average Bonchev–Trinajstić information content (AvgIpc) is 2.85. The van der Waals surface area contributed by atoms with Crippen LogP contribution in [0.4, 0.5) is 13.2 Å². The second-order valence-corrected chi connectivity index (χ2v) is 10.2. The lowest BCUT2D eigenvalue weighted by Gasteiger charge is -2.38. The highest BCUT2D eigenvalue weighted by atomic mass is 19.4. The van der Waals surface area contributed by atoms with Gasteiger partial charge in [-0.2, -0.15) is 13.2 Å². The van der Waals surface area contributed by atoms with Gasteiger partial charge in [-0.1, -0.05) is 26.0 Å². The van der Waals surface area contributed by atoms with Crippen molar-refractivity contribution in [1.82, 2.24) is 0 Å². The number of alkyl halides is 3. The van der Waals surface area contributed by atoms with E-state index in [0.29, 0.717) is 34.6 Å². The number of hydrogen-bond acceptors (Lipinski definition) is 7. The van der Waals surface area contributed by atoms with Crippen LogP contribution in [0, 0.1) is 5.41 Å². The number of ether oxygens (including phenoxy) is 4. The molecule has 208 valence electrons. The van der Waals surface area contributed by atoms with Crippen LogP contribution in [-0.2, 0) is 31.8 Å². The molecule has 0 radical (unpaired) electrons. The van der Waals surface area contributed by atoms with Gasteiger partial charge in [0.2, 0.25) is 5.88 Å². The van der Waals surface area contributed by atoms with Gasteiger partial charge in [-0.05, 0) is 48.2 Å². The fourth-order valence-electron chi connectivity index (χ4n) is 4.94. The quantitative estimate of drug-likeness (QED) is 0.441. The molecule has 7 nitrogen and oxygen atoms in total. The fourth-order valence-corrected chi connectivity index (χ4v) is 4.94. The summed E-state index contributed by atoms with van der Waals surface area (Å²) in [4.78, 5) is 26.4. The number of Topliss-reactive ketones (excluding diaryl/α,β-unsaturated/α-hetero) is 1. The lowest BCUT2D eigenvalue weighted by molar-refractivity contribution is -0.139. The third kappa shape index (κ3) is 5.89. The number of benzene rings is 2. The molecule has 1 aliphatic carbocycles. The number of halogens is 3. The molecule has 10 heteroatoms. The Morgan fingerprint density at radius 2 is 1.90 bits per heavy atom. The first-order chi connectivity index (χ1) is 18.3. The molecular formula is C29H30F3NO6. The molecule has 1 aliphatic heterocycles. The van der Waals surface area contributed by atoms with Crippen LogP contribution in [0.5, 0.6) is 11.5 Å². The zero-order chi connectivity index (χ0) is 28.5. The topological polar surface area (TPSA) is 97.1 Å². The van der Waals surface area contributed by atoms with Crippen molar-refractivity contribution in [3.8, 4) is 11.5 Å². The lowest BCUT2D eigenvalue weighted by atomic mass is 9.70. The maximum Gasteiger partial charge on any atom is 0.416 e. The summed E-state index contributed by atoms with van der Waals surface area (Å²) < 4.78 is 61.6. The van der Waals surface area contributed by atoms with Crippen LogP contribution >= 0.6 is 0 Å². The Kier molecular flexibility index (Phi) is 7.68. The minimum atomic E-state index is -4.51. The third-order valence-corrected chi connectivity index (χ3v) is 6.64. The highest BCUT2D eigenvalue weighted by molar-refractivity contribution is 6.03. The summed E-state index contributed by atoms with van der Waals surface area (Å²) in [6, 6.07) is 9.59. The molecule has 2 aromatic rings. The van der Waals surface area contributed by atoms with Crippen molar-refractivity contribution in [1.29, 1.82) is 0 Å². The van der Waals surface area contributed by atoms with Crippen LogP contribution in [0.3, 0.4) is 0 Å². The number of rotatable bonds is 7. The van der Waals surface area contributed by atoms with E-state index in [9.17, 15) is 22.8 Å². The Bertz CT molecular complexity index is 1360. The molecule has 0 saturated heterocycles. The zero-order valence-corrected chi connectivity index (χ0v) is 22.1. The Hall–Kier alpha value is -3.95. The van der Waals surface area contributed by atoms with Gasteiger partial charge in [0.15, 0.2) is 5.78 Å². The number of nitrogens with two attached hydrogens (primary N) is 1. The lowest BCUT2D eigenvalue weighted by Crippen LogP contribution is -2.35. The van der Waals surface area contributed by atoms with Gasteiger partial charge < -0.3 is 24.7 Å². The van der Waals surface area contributed by atoms with Crippen LogP contribution in [-0.4, -0.2) is 25.5 Å². The molecule has 2 aromatic carbocycles. The van der Waals surface area contributed by atoms with Crippen molar-refractivity contribution >= 4 is 11.8 Å². The summed E-state index contributed by atoms with van der Waals surface area (Å²) >= 11 is 0. The molecule has 0 fully saturated rings. The summed E-state index contributed by atoms with van der Waals surface area (Å²) in [5.41, 5.74) is 6.41. The first kappa shape index (κ1) is 28.1. The summed E-state index contributed by atoms with van der Waals surface area (Å²) in [5, 5.41) is 0. The van der Waals surface area contributed by atoms with Crippen molar-refractivity contribution in [3.05, 3.63) is 81.9 Å². The predicted molar refractivity (Wildman–Crippen MR) is 135 cm³/mol. The molecule has 2 N–H and O–H groups in total. The normalized spacial score (nSPS) is 18.8. The molecule has 0 saturated carbocycles. The number of hydrogen-bond donors (Lipinski definition) is 1. The maximum absolute atomic E-state index is 13.4. The average molecular weight is 546 g/mol. The second kappa shape index (κ2) is 10.7. The van der Waals surface area contributed by atoms with Gasteiger partial charge >= 0.3 is 12.1 Å². The Morgan fingerprint density at radius 1 is 1.15 bits per heavy atom. The van der Waals surface area contributed by atoms with Gasteiger partial charge in [-0.15, -0.1) is 0 Å². The van der Waals surface area contributed by atoms with Crippen molar-refractivity contribution in [2.75, 3.05) is 13.7 Å². The molecule has 1 atom stereocenters. The minimum Gasteiger partial charge on any atom is -0.496 e. The van der Waals surface area contributed by atoms with Gasteiger partial charge in [-0.3, -0.25) is 4.79 Å². The van der Waals surface area contributed by atoms with Gasteiger partial charge in [-0.25, -0.2) is 4.79 Å². The first-order valence-corrected chi connectivity index (χ1v) is 12.4. The highest BCUT2D eigenvalue weighted by Gasteiger charge is 2.45. The number of esters is 1. The molecule has 2 aliphatic rings. The van der Waals surface area contributed by atoms with E-state index >= 15 is 0 Å². The summed E-state index contributed by atoms with van der Waals surface area (Å²) in [6.07, 6.45) is -3.81. The van der Waals surface area contributed by atoms with Crippen LogP contribution in [0.1, 0.15) is 56.2 Å². The van der Waals surface area contributed by atoms with Crippen LogP contribution in [0.15, 0.2) is 65.3 Å². The summed E-state index contributed by atoms with van der Waals surface area (Å²) in [6.45, 7) is 5.51. The van der Waals surface area contributed by atoms with Gasteiger partial charge in [0.05, 0.1) is 25.2 Å². The summed E-state index contributed by atoms with van der Waals surface area (Å²) in [5.74, 6) is -1.04. The van der Waals surface area contributed by atoms with Crippen molar-refractivity contribution in [2.24, 2.45) is 11.1 Å². The number of allylic oxidation sites excluding steroid dienone is 2. The minimum absolute atomic E-state index is 0.0126. The summed E-state index contributed by atoms with van der Waals surface area (Å²) in [7, 11) is 1.45. The Labute approximate surface area is 224 Å². The van der Waals surface area contributed by atoms with Crippen molar-refractivity contribution in [2.45, 2.75) is 52.3 Å². The van der Waals surface area contributed by atoms with E-state index in [2.05, 4.69) is 0 Å². The number of ketones is 1. The predicted octanol–water partition coefficient (Wildman–Crippen LogP) is 5.78. The smallest absolute Gasteiger partial charge is 0.416 e. The standard InChI is InChI=1S/C29H30F3NO6/c1-5-37-27(35)25-23(24-20(34)13-28(2,3)14-22(24)39-26(25)33)16-9-10-21(36-4)17(11-16)15-38-19-8-6-7-18(12-19)29(30,31)32/h6-12,23H,5,13-15,33H2,1-4H3/t23-/m1/s1.